The first-order chi connectivity index (χ1) is 17.7. The van der Waals surface area contributed by atoms with Crippen LogP contribution in [0.3, 0.4) is 0 Å². The van der Waals surface area contributed by atoms with E-state index < -0.39 is 11.4 Å². The molecule has 0 saturated carbocycles. The number of carbonyl (C=O) groups excluding carboxylic acids is 1. The van der Waals surface area contributed by atoms with Crippen molar-refractivity contribution < 1.29 is 13.9 Å². The van der Waals surface area contributed by atoms with Crippen LogP contribution in [-0.4, -0.2) is 72.6 Å². The molecule has 10 nitrogen and oxygen atoms in total. The molecule has 1 aliphatic rings. The smallest absolute Gasteiger partial charge is 0.410 e. The number of amides is 1. The van der Waals surface area contributed by atoms with Crippen LogP contribution in [0.4, 0.5) is 21.0 Å². The Balaban J connectivity index is 1.20. The Morgan fingerprint density at radius 2 is 1.92 bits per heavy atom. The molecule has 0 atom stereocenters. The molecule has 0 aromatic carbocycles. The van der Waals surface area contributed by atoms with E-state index in [4.69, 9.17) is 4.74 Å². The first-order valence-corrected chi connectivity index (χ1v) is 12.1. The maximum Gasteiger partial charge on any atom is 0.410 e. The van der Waals surface area contributed by atoms with Crippen molar-refractivity contribution in [2.75, 3.05) is 31.5 Å². The maximum atomic E-state index is 14.6. The molecule has 2 N–H and O–H groups in total. The topological polar surface area (TPSA) is 112 Å². The molecule has 11 heteroatoms. The number of anilines is 2. The Morgan fingerprint density at radius 1 is 1.11 bits per heavy atom. The Morgan fingerprint density at radius 3 is 2.65 bits per heavy atom. The first kappa shape index (κ1) is 24.6. The fraction of sp³-hybridized carbons (Fsp3) is 0.346. The van der Waals surface area contributed by atoms with E-state index in [1.165, 1.54) is 0 Å². The van der Waals surface area contributed by atoms with E-state index in [2.05, 4.69) is 35.1 Å². The number of carbonyl (C=O) groups is 1. The van der Waals surface area contributed by atoms with Gasteiger partial charge < -0.3 is 19.9 Å². The predicted octanol–water partition coefficient (Wildman–Crippen LogP) is 4.35. The predicted molar refractivity (Wildman–Crippen MR) is 138 cm³/mol. The summed E-state index contributed by atoms with van der Waals surface area (Å²) in [5.74, 6) is 0.273. The first-order valence-electron chi connectivity index (χ1n) is 12.1. The Bertz CT molecular complexity index is 1390. The van der Waals surface area contributed by atoms with Crippen LogP contribution in [0, 0.1) is 5.82 Å². The molecule has 4 aromatic rings. The molecule has 37 heavy (non-hydrogen) atoms. The van der Waals surface area contributed by atoms with Gasteiger partial charge in [0.2, 0.25) is 5.95 Å². The van der Waals surface area contributed by atoms with Crippen molar-refractivity contribution >= 4 is 28.9 Å². The van der Waals surface area contributed by atoms with Gasteiger partial charge in [-0.3, -0.25) is 4.90 Å². The standard InChI is InChI=1S/C26H29FN8O2/c1-26(2,3)37-25(36)35-11-9-34(10-12-35)16-17-6-7-21(29-13-17)32-24-31-15-20(27)22(33-24)19-14-30-23-18(19)5-4-8-28-23/h4-8,13-15H,9-12,16H2,1-3H3,(H,28,30)(H,29,31,32,33). The third-order valence-corrected chi connectivity index (χ3v) is 5.95. The van der Waals surface area contributed by atoms with Gasteiger partial charge in [0.1, 0.15) is 22.8 Å². The van der Waals surface area contributed by atoms with E-state index >= 15 is 0 Å². The quantitative estimate of drug-likeness (QED) is 0.413. The number of fused-ring (bicyclic) bond motifs is 1. The highest BCUT2D eigenvalue weighted by Gasteiger charge is 2.25. The number of hydrogen-bond acceptors (Lipinski definition) is 8. The average Bonchev–Trinajstić information content (AvgIpc) is 3.30. The molecule has 0 radical (unpaired) electrons. The molecule has 1 aliphatic heterocycles. The van der Waals surface area contributed by atoms with E-state index in [0.717, 1.165) is 36.8 Å². The lowest BCUT2D eigenvalue weighted by molar-refractivity contribution is 0.0139. The molecular weight excluding hydrogens is 475 g/mol. The van der Waals surface area contributed by atoms with E-state index in [1.54, 1.807) is 29.6 Å². The molecule has 0 unspecified atom stereocenters. The third-order valence-electron chi connectivity index (χ3n) is 5.95. The number of aromatic nitrogens is 5. The van der Waals surface area contributed by atoms with Crippen molar-refractivity contribution in [3.05, 3.63) is 60.4 Å². The van der Waals surface area contributed by atoms with Crippen molar-refractivity contribution in [3.8, 4) is 11.3 Å². The molecule has 5 heterocycles. The van der Waals surface area contributed by atoms with Gasteiger partial charge in [0.25, 0.3) is 0 Å². The number of rotatable bonds is 5. The molecule has 5 rings (SSSR count). The lowest BCUT2D eigenvalue weighted by atomic mass is 10.1. The molecular formula is C26H29FN8O2. The van der Waals surface area contributed by atoms with Crippen LogP contribution in [0.5, 0.6) is 0 Å². The van der Waals surface area contributed by atoms with Crippen molar-refractivity contribution in [1.29, 1.82) is 0 Å². The Kier molecular flexibility index (Phi) is 6.70. The number of piperazine rings is 1. The van der Waals surface area contributed by atoms with Crippen LogP contribution in [0.15, 0.2) is 49.1 Å². The molecule has 0 bridgehead atoms. The summed E-state index contributed by atoms with van der Waals surface area (Å²) in [6.45, 7) is 9.10. The summed E-state index contributed by atoms with van der Waals surface area (Å²) in [5, 5.41) is 3.83. The lowest BCUT2D eigenvalue weighted by Crippen LogP contribution is -2.49. The van der Waals surface area contributed by atoms with E-state index in [-0.39, 0.29) is 17.7 Å². The third kappa shape index (κ3) is 5.83. The molecule has 4 aromatic heterocycles. The number of nitrogens with zero attached hydrogens (tertiary/aromatic N) is 6. The number of ether oxygens (including phenoxy) is 1. The molecule has 1 amide bonds. The minimum Gasteiger partial charge on any atom is -0.444 e. The molecule has 0 aliphatic carbocycles. The minimum atomic E-state index is -0.523. The van der Waals surface area contributed by atoms with Gasteiger partial charge in [-0.15, -0.1) is 0 Å². The highest BCUT2D eigenvalue weighted by atomic mass is 19.1. The summed E-state index contributed by atoms with van der Waals surface area (Å²) in [5.41, 5.74) is 2.00. The van der Waals surface area contributed by atoms with Crippen LogP contribution in [-0.2, 0) is 11.3 Å². The monoisotopic (exact) mass is 504 g/mol. The van der Waals surface area contributed by atoms with Crippen molar-refractivity contribution in [2.24, 2.45) is 0 Å². The number of pyridine rings is 2. The van der Waals surface area contributed by atoms with Crippen LogP contribution in [0.25, 0.3) is 22.3 Å². The van der Waals surface area contributed by atoms with Gasteiger partial charge in [-0.25, -0.2) is 29.1 Å². The summed E-state index contributed by atoms with van der Waals surface area (Å²) < 4.78 is 20.0. The lowest BCUT2D eigenvalue weighted by Gasteiger charge is -2.35. The fourth-order valence-electron chi connectivity index (χ4n) is 4.15. The van der Waals surface area contributed by atoms with Gasteiger partial charge in [0, 0.05) is 62.3 Å². The van der Waals surface area contributed by atoms with Crippen LogP contribution >= 0.6 is 0 Å². The van der Waals surface area contributed by atoms with Gasteiger partial charge >= 0.3 is 6.09 Å². The fourth-order valence-corrected chi connectivity index (χ4v) is 4.15. The average molecular weight is 505 g/mol. The van der Waals surface area contributed by atoms with Gasteiger partial charge in [0.05, 0.1) is 6.20 Å². The highest BCUT2D eigenvalue weighted by Crippen LogP contribution is 2.28. The zero-order chi connectivity index (χ0) is 26.0. The maximum absolute atomic E-state index is 14.6. The second-order valence-electron chi connectivity index (χ2n) is 9.91. The van der Waals surface area contributed by atoms with Crippen molar-refractivity contribution in [2.45, 2.75) is 32.9 Å². The summed E-state index contributed by atoms with van der Waals surface area (Å²) in [6, 6.07) is 7.48. The Labute approximate surface area is 213 Å². The second kappa shape index (κ2) is 10.1. The highest BCUT2D eigenvalue weighted by molar-refractivity contribution is 5.92. The van der Waals surface area contributed by atoms with Gasteiger partial charge in [-0.1, -0.05) is 6.07 Å². The zero-order valence-electron chi connectivity index (χ0n) is 21.0. The van der Waals surface area contributed by atoms with Crippen molar-refractivity contribution in [1.82, 2.24) is 34.7 Å². The largest absolute Gasteiger partial charge is 0.444 e. The summed E-state index contributed by atoms with van der Waals surface area (Å²) in [4.78, 5) is 36.5. The van der Waals surface area contributed by atoms with Crippen LogP contribution < -0.4 is 5.32 Å². The van der Waals surface area contributed by atoms with Gasteiger partial charge in [-0.05, 0) is 44.5 Å². The van der Waals surface area contributed by atoms with Crippen LogP contribution in [0.2, 0.25) is 0 Å². The summed E-state index contributed by atoms with van der Waals surface area (Å²) >= 11 is 0. The summed E-state index contributed by atoms with van der Waals surface area (Å²) in [6.07, 6.45) is 6.03. The van der Waals surface area contributed by atoms with Crippen molar-refractivity contribution in [3.63, 3.8) is 0 Å². The molecule has 1 fully saturated rings. The van der Waals surface area contributed by atoms with E-state index in [9.17, 15) is 9.18 Å². The van der Waals surface area contributed by atoms with Gasteiger partial charge in [0.15, 0.2) is 5.82 Å². The summed E-state index contributed by atoms with van der Waals surface area (Å²) in [7, 11) is 0. The SMILES string of the molecule is CC(C)(C)OC(=O)N1CCN(Cc2ccc(Nc3ncc(F)c(-c4c[nH]c5ncccc45)n3)nc2)CC1. The van der Waals surface area contributed by atoms with Gasteiger partial charge in [-0.2, -0.15) is 0 Å². The van der Waals surface area contributed by atoms with Crippen LogP contribution in [0.1, 0.15) is 26.3 Å². The number of H-pyrrole nitrogens is 1. The minimum absolute atomic E-state index is 0.180. The van der Waals surface area contributed by atoms with E-state index in [1.807, 2.05) is 39.0 Å². The van der Waals surface area contributed by atoms with E-state index in [0.29, 0.717) is 30.1 Å². The zero-order valence-corrected chi connectivity index (χ0v) is 21.0. The second-order valence-corrected chi connectivity index (χ2v) is 9.91. The number of hydrogen-bond donors (Lipinski definition) is 2. The number of nitrogens with one attached hydrogen (secondary N) is 2. The normalized spacial score (nSPS) is 14.6. The molecule has 1 saturated heterocycles. The number of aromatic amines is 1. The molecule has 0 spiro atoms. The molecule has 192 valence electrons. The number of halogens is 1. The Hall–Kier alpha value is -4.12.